The van der Waals surface area contributed by atoms with Crippen LogP contribution in [0, 0.1) is 5.82 Å². The molecule has 0 saturated carbocycles. The second-order valence-corrected chi connectivity index (χ2v) is 4.47. The summed E-state index contributed by atoms with van der Waals surface area (Å²) in [6.07, 6.45) is 0.867. The van der Waals surface area contributed by atoms with Crippen molar-refractivity contribution in [2.75, 3.05) is 6.61 Å². The number of H-pyrrole nitrogens is 1. The van der Waals surface area contributed by atoms with Crippen LogP contribution in [-0.2, 0) is 6.54 Å². The van der Waals surface area contributed by atoms with E-state index in [1.54, 1.807) is 18.2 Å². The van der Waals surface area contributed by atoms with Gasteiger partial charge in [-0.25, -0.2) is 4.79 Å². The molecular formula is C13H12ClFN2O3. The van der Waals surface area contributed by atoms with Gasteiger partial charge in [-0.3, -0.25) is 14.3 Å². The first-order valence-electron chi connectivity index (χ1n) is 5.91. The van der Waals surface area contributed by atoms with Crippen LogP contribution in [0.4, 0.5) is 4.39 Å². The number of aromatic amines is 1. The average molecular weight is 299 g/mol. The van der Waals surface area contributed by atoms with E-state index in [-0.39, 0.29) is 6.54 Å². The fraction of sp³-hybridized carbons (Fsp3) is 0.231. The third-order valence-corrected chi connectivity index (χ3v) is 2.91. The maximum atomic E-state index is 13.2. The molecule has 0 unspecified atom stereocenters. The maximum absolute atomic E-state index is 13.2. The zero-order valence-electron chi connectivity index (χ0n) is 10.7. The highest BCUT2D eigenvalue weighted by atomic mass is 35.5. The van der Waals surface area contributed by atoms with Crippen LogP contribution in [0.25, 0.3) is 0 Å². The standard InChI is InChI=1S/C13H12ClFN2O3/c1-2-20-11-4-3-8(5-9(11)14)6-17-7-10(15)12(18)16-13(17)19/h3-5,7H,2,6H2,1H3,(H,16,18,19). The Kier molecular flexibility index (Phi) is 4.24. The largest absolute Gasteiger partial charge is 0.492 e. The molecule has 2 rings (SSSR count). The Bertz CT molecular complexity index is 739. The molecule has 1 N–H and O–H groups in total. The third-order valence-electron chi connectivity index (χ3n) is 2.62. The Morgan fingerprint density at radius 1 is 1.40 bits per heavy atom. The first-order valence-corrected chi connectivity index (χ1v) is 6.29. The van der Waals surface area contributed by atoms with Crippen molar-refractivity contribution < 1.29 is 9.13 Å². The SMILES string of the molecule is CCOc1ccc(Cn2cc(F)c(=O)[nH]c2=O)cc1Cl. The van der Waals surface area contributed by atoms with E-state index in [1.807, 2.05) is 11.9 Å². The predicted octanol–water partition coefficient (Wildman–Crippen LogP) is 1.78. The average Bonchev–Trinajstić information content (AvgIpc) is 2.39. The molecule has 0 saturated heterocycles. The van der Waals surface area contributed by atoms with Gasteiger partial charge in [0.2, 0.25) is 5.82 Å². The summed E-state index contributed by atoms with van der Waals surface area (Å²) >= 11 is 6.03. The molecule has 0 amide bonds. The first kappa shape index (κ1) is 14.3. The van der Waals surface area contributed by atoms with Crippen molar-refractivity contribution in [3.63, 3.8) is 0 Å². The highest BCUT2D eigenvalue weighted by Gasteiger charge is 2.07. The normalized spacial score (nSPS) is 10.6. The van der Waals surface area contributed by atoms with Crippen molar-refractivity contribution in [1.82, 2.24) is 9.55 Å². The number of hydrogen-bond acceptors (Lipinski definition) is 3. The van der Waals surface area contributed by atoms with E-state index in [0.717, 1.165) is 10.8 Å². The van der Waals surface area contributed by atoms with E-state index < -0.39 is 17.1 Å². The number of ether oxygens (including phenoxy) is 1. The van der Waals surface area contributed by atoms with Crippen molar-refractivity contribution in [1.29, 1.82) is 0 Å². The smallest absolute Gasteiger partial charge is 0.328 e. The molecule has 0 aliphatic heterocycles. The number of hydrogen-bond donors (Lipinski definition) is 1. The summed E-state index contributed by atoms with van der Waals surface area (Å²) in [5.74, 6) is -0.473. The molecule has 7 heteroatoms. The Hall–Kier alpha value is -2.08. The first-order chi connectivity index (χ1) is 9.51. The predicted molar refractivity (Wildman–Crippen MR) is 73.0 cm³/mol. The van der Waals surface area contributed by atoms with Crippen LogP contribution in [0.3, 0.4) is 0 Å². The van der Waals surface area contributed by atoms with Crippen molar-refractivity contribution in [2.24, 2.45) is 0 Å². The zero-order chi connectivity index (χ0) is 14.7. The van der Waals surface area contributed by atoms with Gasteiger partial charge in [0.15, 0.2) is 0 Å². The van der Waals surface area contributed by atoms with Gasteiger partial charge in [0.1, 0.15) is 5.75 Å². The molecule has 1 aromatic heterocycles. The van der Waals surface area contributed by atoms with Crippen molar-refractivity contribution >= 4 is 11.6 Å². The molecule has 20 heavy (non-hydrogen) atoms. The Balaban J connectivity index is 2.31. The van der Waals surface area contributed by atoms with Crippen LogP contribution >= 0.6 is 11.6 Å². The summed E-state index contributed by atoms with van der Waals surface area (Å²) in [5.41, 5.74) is -1.02. The van der Waals surface area contributed by atoms with Crippen LogP contribution in [0.1, 0.15) is 12.5 Å². The van der Waals surface area contributed by atoms with Crippen molar-refractivity contribution in [3.05, 3.63) is 61.6 Å². The minimum atomic E-state index is -1.03. The number of nitrogens with one attached hydrogen (secondary N) is 1. The minimum absolute atomic E-state index is 0.0959. The second kappa shape index (κ2) is 5.92. The summed E-state index contributed by atoms with van der Waals surface area (Å²) in [4.78, 5) is 24.4. The van der Waals surface area contributed by atoms with Crippen LogP contribution in [0.15, 0.2) is 34.0 Å². The van der Waals surface area contributed by atoms with E-state index in [2.05, 4.69) is 0 Å². The molecule has 5 nitrogen and oxygen atoms in total. The van der Waals surface area contributed by atoms with Crippen molar-refractivity contribution in [2.45, 2.75) is 13.5 Å². The van der Waals surface area contributed by atoms with Gasteiger partial charge in [-0.2, -0.15) is 4.39 Å². The maximum Gasteiger partial charge on any atom is 0.328 e. The lowest BCUT2D eigenvalue weighted by atomic mass is 10.2. The summed E-state index contributed by atoms with van der Waals surface area (Å²) in [6.45, 7) is 2.43. The molecule has 0 fully saturated rings. The highest BCUT2D eigenvalue weighted by Crippen LogP contribution is 2.25. The summed E-state index contributed by atoms with van der Waals surface area (Å²) in [6, 6.07) is 5.02. The Morgan fingerprint density at radius 2 is 2.15 bits per heavy atom. The van der Waals surface area contributed by atoms with Gasteiger partial charge in [-0.15, -0.1) is 0 Å². The van der Waals surface area contributed by atoms with Gasteiger partial charge >= 0.3 is 5.69 Å². The van der Waals surface area contributed by atoms with E-state index in [4.69, 9.17) is 16.3 Å². The van der Waals surface area contributed by atoms with Crippen LogP contribution < -0.4 is 16.0 Å². The number of aromatic nitrogens is 2. The number of rotatable bonds is 4. The molecule has 0 radical (unpaired) electrons. The number of benzene rings is 1. The fourth-order valence-electron chi connectivity index (χ4n) is 1.71. The van der Waals surface area contributed by atoms with E-state index >= 15 is 0 Å². The van der Waals surface area contributed by atoms with Crippen LogP contribution in [0.2, 0.25) is 5.02 Å². The molecule has 0 spiro atoms. The molecule has 2 aromatic rings. The van der Waals surface area contributed by atoms with E-state index in [9.17, 15) is 14.0 Å². The molecule has 0 bridgehead atoms. The van der Waals surface area contributed by atoms with E-state index in [1.165, 1.54) is 0 Å². The number of nitrogens with zero attached hydrogens (tertiary/aromatic N) is 1. The second-order valence-electron chi connectivity index (χ2n) is 4.06. The van der Waals surface area contributed by atoms with Gasteiger partial charge < -0.3 is 4.74 Å². The molecule has 0 aliphatic rings. The van der Waals surface area contributed by atoms with Gasteiger partial charge in [-0.1, -0.05) is 17.7 Å². The van der Waals surface area contributed by atoms with Gasteiger partial charge in [0, 0.05) is 0 Å². The lowest BCUT2D eigenvalue weighted by molar-refractivity contribution is 0.340. The Labute approximate surface area is 118 Å². The van der Waals surface area contributed by atoms with Crippen LogP contribution in [-0.4, -0.2) is 16.2 Å². The Morgan fingerprint density at radius 3 is 2.80 bits per heavy atom. The third kappa shape index (κ3) is 3.08. The van der Waals surface area contributed by atoms with Crippen LogP contribution in [0.5, 0.6) is 5.75 Å². The number of halogens is 2. The summed E-state index contributed by atoms with van der Waals surface area (Å²) in [5, 5.41) is 0.405. The molecular weight excluding hydrogens is 287 g/mol. The van der Waals surface area contributed by atoms with Gasteiger partial charge in [0.05, 0.1) is 24.4 Å². The zero-order valence-corrected chi connectivity index (χ0v) is 11.4. The minimum Gasteiger partial charge on any atom is -0.492 e. The molecule has 1 aromatic carbocycles. The lowest BCUT2D eigenvalue weighted by Gasteiger charge is -2.09. The summed E-state index contributed by atoms with van der Waals surface area (Å²) < 4.78 is 19.5. The quantitative estimate of drug-likeness (QED) is 0.936. The highest BCUT2D eigenvalue weighted by molar-refractivity contribution is 6.32. The van der Waals surface area contributed by atoms with E-state index in [0.29, 0.717) is 22.9 Å². The monoisotopic (exact) mass is 298 g/mol. The molecule has 1 heterocycles. The molecule has 0 aliphatic carbocycles. The molecule has 106 valence electrons. The fourth-order valence-corrected chi connectivity index (χ4v) is 1.97. The van der Waals surface area contributed by atoms with Crippen molar-refractivity contribution in [3.8, 4) is 5.75 Å². The topological polar surface area (TPSA) is 64.1 Å². The van der Waals surface area contributed by atoms with Gasteiger partial charge in [-0.05, 0) is 24.6 Å². The lowest BCUT2D eigenvalue weighted by Crippen LogP contribution is -2.31. The van der Waals surface area contributed by atoms with Gasteiger partial charge in [0.25, 0.3) is 5.56 Å². The summed E-state index contributed by atoms with van der Waals surface area (Å²) in [7, 11) is 0. The molecule has 0 atom stereocenters.